The third-order valence-electron chi connectivity index (χ3n) is 3.25. The normalized spacial score (nSPS) is 14.6. The van der Waals surface area contributed by atoms with Gasteiger partial charge in [0, 0.05) is 19.2 Å². The Morgan fingerprint density at radius 2 is 2.15 bits per heavy atom. The van der Waals surface area contributed by atoms with Crippen molar-refractivity contribution >= 4 is 17.7 Å². The molecule has 20 heavy (non-hydrogen) atoms. The van der Waals surface area contributed by atoms with Crippen molar-refractivity contribution < 1.29 is 9.90 Å². The van der Waals surface area contributed by atoms with Crippen molar-refractivity contribution in [2.24, 2.45) is 0 Å². The average Bonchev–Trinajstić information content (AvgIpc) is 2.69. The fourth-order valence-electron chi connectivity index (χ4n) is 2.19. The average molecular weight is 290 g/mol. The highest BCUT2D eigenvalue weighted by Crippen LogP contribution is 2.27. The molecule has 104 valence electrons. The van der Waals surface area contributed by atoms with Gasteiger partial charge in [0.2, 0.25) is 0 Å². The van der Waals surface area contributed by atoms with Crippen molar-refractivity contribution in [1.82, 2.24) is 19.7 Å². The zero-order valence-electron chi connectivity index (χ0n) is 10.8. The lowest BCUT2D eigenvalue weighted by Gasteiger charge is -2.05. The van der Waals surface area contributed by atoms with Crippen molar-refractivity contribution in [3.63, 3.8) is 0 Å². The number of hydrogen-bond donors (Lipinski definition) is 1. The van der Waals surface area contributed by atoms with Gasteiger partial charge in [-0.25, -0.2) is 9.78 Å². The van der Waals surface area contributed by atoms with Gasteiger partial charge in [0.05, 0.1) is 5.56 Å². The Morgan fingerprint density at radius 1 is 1.25 bits per heavy atom. The van der Waals surface area contributed by atoms with Crippen LogP contribution in [0.3, 0.4) is 0 Å². The molecule has 2 aromatic rings. The second kappa shape index (κ2) is 5.62. The molecule has 0 amide bonds. The number of rotatable bonds is 3. The monoisotopic (exact) mass is 290 g/mol. The van der Waals surface area contributed by atoms with E-state index in [9.17, 15) is 4.79 Å². The Morgan fingerprint density at radius 3 is 2.90 bits per heavy atom. The van der Waals surface area contributed by atoms with Crippen molar-refractivity contribution in [2.45, 2.75) is 42.4 Å². The maximum absolute atomic E-state index is 10.8. The third-order valence-corrected chi connectivity index (χ3v) is 4.19. The number of carboxylic acid groups (broad SMARTS) is 1. The Kier molecular flexibility index (Phi) is 3.68. The van der Waals surface area contributed by atoms with Crippen molar-refractivity contribution in [1.29, 1.82) is 0 Å². The molecule has 0 bridgehead atoms. The standard InChI is InChI=1S/C13H14N4O2S/c18-12(19)9-5-6-11(14-8-9)20-13-16-15-10-4-2-1-3-7-17(10)13/h5-6,8H,1-4,7H2,(H,18,19). The van der Waals surface area contributed by atoms with E-state index < -0.39 is 5.97 Å². The number of carboxylic acids is 1. The van der Waals surface area contributed by atoms with Gasteiger partial charge in [-0.2, -0.15) is 0 Å². The number of aromatic nitrogens is 4. The van der Waals surface area contributed by atoms with E-state index in [1.54, 1.807) is 12.1 Å². The van der Waals surface area contributed by atoms with Gasteiger partial charge in [0.15, 0.2) is 5.16 Å². The lowest BCUT2D eigenvalue weighted by Crippen LogP contribution is -2.02. The number of pyridine rings is 1. The minimum Gasteiger partial charge on any atom is -0.478 e. The molecular weight excluding hydrogens is 276 g/mol. The third kappa shape index (κ3) is 2.67. The first-order chi connectivity index (χ1) is 9.74. The zero-order chi connectivity index (χ0) is 13.9. The molecule has 0 fully saturated rings. The molecule has 1 aliphatic rings. The highest BCUT2D eigenvalue weighted by Gasteiger charge is 2.16. The highest BCUT2D eigenvalue weighted by atomic mass is 32.2. The summed E-state index contributed by atoms with van der Waals surface area (Å²) in [6, 6.07) is 3.25. The summed E-state index contributed by atoms with van der Waals surface area (Å²) < 4.78 is 2.14. The molecule has 0 saturated carbocycles. The van der Waals surface area contributed by atoms with Gasteiger partial charge in [-0.1, -0.05) is 6.42 Å². The molecule has 0 aromatic carbocycles. The molecule has 0 aliphatic carbocycles. The van der Waals surface area contributed by atoms with Crippen LogP contribution >= 0.6 is 11.8 Å². The zero-order valence-corrected chi connectivity index (χ0v) is 11.6. The number of nitrogens with zero attached hydrogens (tertiary/aromatic N) is 4. The molecule has 2 aromatic heterocycles. The molecule has 7 heteroatoms. The molecule has 0 atom stereocenters. The minimum atomic E-state index is -0.967. The molecule has 0 spiro atoms. The number of carbonyl (C=O) groups is 1. The topological polar surface area (TPSA) is 80.9 Å². The molecule has 3 heterocycles. The van der Waals surface area contributed by atoms with Gasteiger partial charge in [0.25, 0.3) is 0 Å². The summed E-state index contributed by atoms with van der Waals surface area (Å²) in [6.07, 6.45) is 5.86. The molecule has 0 saturated heterocycles. The minimum absolute atomic E-state index is 0.189. The van der Waals surface area contributed by atoms with E-state index in [-0.39, 0.29) is 5.56 Å². The van der Waals surface area contributed by atoms with Crippen molar-refractivity contribution in [2.75, 3.05) is 0 Å². The van der Waals surface area contributed by atoms with E-state index in [0.29, 0.717) is 0 Å². The van der Waals surface area contributed by atoms with Gasteiger partial charge >= 0.3 is 5.97 Å². The van der Waals surface area contributed by atoms with E-state index >= 15 is 0 Å². The molecule has 6 nitrogen and oxygen atoms in total. The number of aromatic carboxylic acids is 1. The van der Waals surface area contributed by atoms with Crippen LogP contribution in [0.1, 0.15) is 35.4 Å². The molecule has 0 unspecified atom stereocenters. The first-order valence-electron chi connectivity index (χ1n) is 6.53. The van der Waals surface area contributed by atoms with Crippen molar-refractivity contribution in [3.05, 3.63) is 29.7 Å². The van der Waals surface area contributed by atoms with Crippen LogP contribution in [0.4, 0.5) is 0 Å². The van der Waals surface area contributed by atoms with E-state index in [2.05, 4.69) is 19.7 Å². The summed E-state index contributed by atoms with van der Waals surface area (Å²) in [5, 5.41) is 18.9. The predicted molar refractivity (Wildman–Crippen MR) is 72.9 cm³/mol. The smallest absolute Gasteiger partial charge is 0.337 e. The highest BCUT2D eigenvalue weighted by molar-refractivity contribution is 7.99. The van der Waals surface area contributed by atoms with Crippen LogP contribution in [0, 0.1) is 0 Å². The Hall–Kier alpha value is -1.89. The molecular formula is C13H14N4O2S. The van der Waals surface area contributed by atoms with Crippen LogP contribution in [0.5, 0.6) is 0 Å². The second-order valence-corrected chi connectivity index (χ2v) is 5.64. The summed E-state index contributed by atoms with van der Waals surface area (Å²) >= 11 is 1.42. The lowest BCUT2D eigenvalue weighted by atomic mass is 10.2. The Balaban J connectivity index is 1.81. The van der Waals surface area contributed by atoms with Crippen LogP contribution < -0.4 is 0 Å². The fourth-order valence-corrected chi connectivity index (χ4v) is 3.01. The Labute approximate surface area is 120 Å². The van der Waals surface area contributed by atoms with Gasteiger partial charge in [-0.3, -0.25) is 0 Å². The molecule has 1 aliphatic heterocycles. The maximum atomic E-state index is 10.8. The predicted octanol–water partition coefficient (Wildman–Crippen LogP) is 2.25. The first kappa shape index (κ1) is 13.1. The summed E-state index contributed by atoms with van der Waals surface area (Å²) in [4.78, 5) is 14.9. The summed E-state index contributed by atoms with van der Waals surface area (Å²) in [7, 11) is 0. The second-order valence-electron chi connectivity index (χ2n) is 4.65. The van der Waals surface area contributed by atoms with Gasteiger partial charge in [-0.15, -0.1) is 10.2 Å². The lowest BCUT2D eigenvalue weighted by molar-refractivity contribution is 0.0696. The fraction of sp³-hybridized carbons (Fsp3) is 0.385. The van der Waals surface area contributed by atoms with Crippen LogP contribution in [-0.2, 0) is 13.0 Å². The number of hydrogen-bond acceptors (Lipinski definition) is 5. The van der Waals surface area contributed by atoms with Gasteiger partial charge in [-0.05, 0) is 36.7 Å². The Bertz CT molecular complexity index is 624. The van der Waals surface area contributed by atoms with Crippen LogP contribution in [-0.4, -0.2) is 30.8 Å². The van der Waals surface area contributed by atoms with Gasteiger partial charge < -0.3 is 9.67 Å². The summed E-state index contributed by atoms with van der Waals surface area (Å²) in [5.74, 6) is 0.0672. The first-order valence-corrected chi connectivity index (χ1v) is 7.35. The summed E-state index contributed by atoms with van der Waals surface area (Å²) in [5.41, 5.74) is 0.189. The van der Waals surface area contributed by atoms with E-state index in [1.165, 1.54) is 24.4 Å². The quantitative estimate of drug-likeness (QED) is 0.933. The molecule has 0 radical (unpaired) electrons. The maximum Gasteiger partial charge on any atom is 0.337 e. The number of aryl methyl sites for hydroxylation is 1. The van der Waals surface area contributed by atoms with Crippen LogP contribution in [0.25, 0.3) is 0 Å². The van der Waals surface area contributed by atoms with Crippen molar-refractivity contribution in [3.8, 4) is 0 Å². The van der Waals surface area contributed by atoms with E-state index in [4.69, 9.17) is 5.11 Å². The number of fused-ring (bicyclic) bond motifs is 1. The molecule has 3 rings (SSSR count). The largest absolute Gasteiger partial charge is 0.478 e. The van der Waals surface area contributed by atoms with Crippen LogP contribution in [0.15, 0.2) is 28.5 Å². The van der Waals surface area contributed by atoms with E-state index in [1.807, 2.05) is 0 Å². The van der Waals surface area contributed by atoms with Crippen LogP contribution in [0.2, 0.25) is 0 Å². The SMILES string of the molecule is O=C(O)c1ccc(Sc2nnc3n2CCCCC3)nc1. The molecule has 1 N–H and O–H groups in total. The van der Waals surface area contributed by atoms with Gasteiger partial charge in [0.1, 0.15) is 10.9 Å². The summed E-state index contributed by atoms with van der Waals surface area (Å²) in [6.45, 7) is 0.942. The van der Waals surface area contributed by atoms with E-state index in [0.717, 1.165) is 41.8 Å².